The lowest BCUT2D eigenvalue weighted by Gasteiger charge is -2.38. The normalized spacial score (nSPS) is 18.8. The van der Waals surface area contributed by atoms with Gasteiger partial charge in [-0.2, -0.15) is 0 Å². The van der Waals surface area contributed by atoms with E-state index in [1.165, 1.54) is 5.56 Å². The minimum atomic E-state index is 0.305. The van der Waals surface area contributed by atoms with Crippen molar-refractivity contribution in [1.82, 2.24) is 5.32 Å². The molecule has 1 saturated heterocycles. The van der Waals surface area contributed by atoms with Crippen molar-refractivity contribution >= 4 is 11.6 Å². The van der Waals surface area contributed by atoms with Gasteiger partial charge >= 0.3 is 0 Å². The molecule has 1 N–H and O–H groups in total. The lowest BCUT2D eigenvalue weighted by molar-refractivity contribution is 0.0152. The van der Waals surface area contributed by atoms with Crippen molar-refractivity contribution in [3.05, 3.63) is 34.9 Å². The maximum Gasteiger partial charge on any atom is 0.0471 e. The predicted octanol–water partition coefficient (Wildman–Crippen LogP) is 3.29. The summed E-state index contributed by atoms with van der Waals surface area (Å²) in [5.41, 5.74) is 1.57. The van der Waals surface area contributed by atoms with Gasteiger partial charge in [0.25, 0.3) is 0 Å². The molecule has 0 atom stereocenters. The fraction of sp³-hybridized carbons (Fsp3) is 0.600. The van der Waals surface area contributed by atoms with Crippen LogP contribution < -0.4 is 5.32 Å². The van der Waals surface area contributed by atoms with Gasteiger partial charge in [-0.25, -0.2) is 0 Å². The molecule has 2 nitrogen and oxygen atoms in total. The van der Waals surface area contributed by atoms with Crippen LogP contribution in [0.25, 0.3) is 0 Å². The third kappa shape index (κ3) is 3.47. The highest BCUT2D eigenvalue weighted by molar-refractivity contribution is 6.31. The zero-order chi connectivity index (χ0) is 12.8. The molecule has 1 heterocycles. The molecule has 1 aromatic rings. The Kier molecular flexibility index (Phi) is 5.04. The molecule has 0 aromatic heterocycles. The summed E-state index contributed by atoms with van der Waals surface area (Å²) in [5, 5.41) is 4.39. The fourth-order valence-electron chi connectivity index (χ4n) is 2.66. The molecule has 0 aliphatic carbocycles. The molecule has 0 bridgehead atoms. The van der Waals surface area contributed by atoms with Crippen molar-refractivity contribution in [3.8, 4) is 0 Å². The van der Waals surface area contributed by atoms with Crippen molar-refractivity contribution in [2.75, 3.05) is 26.3 Å². The summed E-state index contributed by atoms with van der Waals surface area (Å²) in [6.45, 7) is 5.97. The number of hydrogen-bond donors (Lipinski definition) is 1. The Morgan fingerprint density at radius 2 is 2.00 bits per heavy atom. The molecule has 1 fully saturated rings. The largest absolute Gasteiger partial charge is 0.381 e. The Hall–Kier alpha value is -0.570. The minimum absolute atomic E-state index is 0.305. The van der Waals surface area contributed by atoms with Gasteiger partial charge in [-0.05, 0) is 42.9 Å². The molecule has 2 rings (SSSR count). The van der Waals surface area contributed by atoms with Gasteiger partial charge < -0.3 is 10.1 Å². The van der Waals surface area contributed by atoms with Crippen molar-refractivity contribution in [2.45, 2.75) is 26.2 Å². The molecule has 100 valence electrons. The molecule has 0 radical (unpaired) electrons. The predicted molar refractivity (Wildman–Crippen MR) is 76.2 cm³/mol. The molecule has 1 aliphatic heterocycles. The number of hydrogen-bond acceptors (Lipinski definition) is 2. The number of nitrogens with one attached hydrogen (secondary N) is 1. The van der Waals surface area contributed by atoms with Crippen LogP contribution in [0, 0.1) is 5.41 Å². The molecular formula is C15H22ClNO. The van der Waals surface area contributed by atoms with E-state index in [1.54, 1.807) is 0 Å². The van der Waals surface area contributed by atoms with Crippen LogP contribution in [0.3, 0.4) is 0 Å². The second kappa shape index (κ2) is 6.55. The van der Waals surface area contributed by atoms with E-state index in [0.29, 0.717) is 5.41 Å². The molecule has 0 unspecified atom stereocenters. The van der Waals surface area contributed by atoms with E-state index in [4.69, 9.17) is 16.3 Å². The van der Waals surface area contributed by atoms with Gasteiger partial charge in [0.05, 0.1) is 0 Å². The van der Waals surface area contributed by atoms with Crippen LogP contribution in [0.2, 0.25) is 5.02 Å². The molecule has 0 amide bonds. The van der Waals surface area contributed by atoms with Crippen LogP contribution >= 0.6 is 11.6 Å². The van der Waals surface area contributed by atoms with Crippen LogP contribution in [-0.4, -0.2) is 26.3 Å². The van der Waals surface area contributed by atoms with Crippen LogP contribution in [-0.2, 0) is 11.2 Å². The summed E-state index contributed by atoms with van der Waals surface area (Å²) in [7, 11) is 0. The third-order valence-electron chi connectivity index (χ3n) is 3.83. The van der Waals surface area contributed by atoms with E-state index in [-0.39, 0.29) is 0 Å². The SMILES string of the molecule is CCNCC1(Cc2ccccc2Cl)CCOCC1. The number of halogens is 1. The second-order valence-electron chi connectivity index (χ2n) is 5.16. The van der Waals surface area contributed by atoms with E-state index in [2.05, 4.69) is 24.4 Å². The number of benzene rings is 1. The summed E-state index contributed by atoms with van der Waals surface area (Å²) in [4.78, 5) is 0. The average Bonchev–Trinajstić information content (AvgIpc) is 2.40. The van der Waals surface area contributed by atoms with Crippen LogP contribution in [0.1, 0.15) is 25.3 Å². The zero-order valence-electron chi connectivity index (χ0n) is 11.0. The van der Waals surface area contributed by atoms with E-state index < -0.39 is 0 Å². The average molecular weight is 268 g/mol. The van der Waals surface area contributed by atoms with Crippen molar-refractivity contribution in [2.24, 2.45) is 5.41 Å². The monoisotopic (exact) mass is 267 g/mol. The molecule has 18 heavy (non-hydrogen) atoms. The summed E-state index contributed by atoms with van der Waals surface area (Å²) in [6.07, 6.45) is 3.28. The van der Waals surface area contributed by atoms with Gasteiger partial charge in [0.1, 0.15) is 0 Å². The third-order valence-corrected chi connectivity index (χ3v) is 4.20. The quantitative estimate of drug-likeness (QED) is 0.884. The number of ether oxygens (including phenoxy) is 1. The molecule has 1 aliphatic rings. The Bertz CT molecular complexity index is 375. The summed E-state index contributed by atoms with van der Waals surface area (Å²) >= 11 is 6.29. The van der Waals surface area contributed by atoms with E-state index >= 15 is 0 Å². The maximum atomic E-state index is 6.29. The first-order valence-electron chi connectivity index (χ1n) is 6.78. The standard InChI is InChI=1S/C15H22ClNO/c1-2-17-12-15(7-9-18-10-8-15)11-13-5-3-4-6-14(13)16/h3-6,17H,2,7-12H2,1H3. The molecule has 3 heteroatoms. The van der Waals surface area contributed by atoms with Crippen LogP contribution in [0.5, 0.6) is 0 Å². The Balaban J connectivity index is 2.11. The van der Waals surface area contributed by atoms with Gasteiger partial charge in [-0.3, -0.25) is 0 Å². The van der Waals surface area contributed by atoms with E-state index in [0.717, 1.165) is 50.6 Å². The first-order valence-corrected chi connectivity index (χ1v) is 7.15. The first kappa shape index (κ1) is 13.9. The minimum Gasteiger partial charge on any atom is -0.381 e. The highest BCUT2D eigenvalue weighted by Crippen LogP contribution is 2.35. The van der Waals surface area contributed by atoms with Crippen molar-refractivity contribution in [3.63, 3.8) is 0 Å². The summed E-state index contributed by atoms with van der Waals surface area (Å²) in [5.74, 6) is 0. The smallest absolute Gasteiger partial charge is 0.0471 e. The van der Waals surface area contributed by atoms with Crippen molar-refractivity contribution < 1.29 is 4.74 Å². The topological polar surface area (TPSA) is 21.3 Å². The van der Waals surface area contributed by atoms with Crippen LogP contribution in [0.4, 0.5) is 0 Å². The Morgan fingerprint density at radius 3 is 2.67 bits per heavy atom. The maximum absolute atomic E-state index is 6.29. The highest BCUT2D eigenvalue weighted by atomic mass is 35.5. The zero-order valence-corrected chi connectivity index (χ0v) is 11.8. The lowest BCUT2D eigenvalue weighted by Crippen LogP contribution is -2.40. The fourth-order valence-corrected chi connectivity index (χ4v) is 2.86. The Labute approximate surface area is 115 Å². The van der Waals surface area contributed by atoms with Gasteiger partial charge in [0.15, 0.2) is 0 Å². The van der Waals surface area contributed by atoms with E-state index in [9.17, 15) is 0 Å². The van der Waals surface area contributed by atoms with Gasteiger partial charge in [-0.1, -0.05) is 36.7 Å². The summed E-state index contributed by atoms with van der Waals surface area (Å²) in [6, 6.07) is 8.19. The lowest BCUT2D eigenvalue weighted by atomic mass is 9.75. The second-order valence-corrected chi connectivity index (χ2v) is 5.57. The first-order chi connectivity index (χ1) is 8.76. The number of rotatable bonds is 5. The van der Waals surface area contributed by atoms with Crippen LogP contribution in [0.15, 0.2) is 24.3 Å². The summed E-state index contributed by atoms with van der Waals surface area (Å²) < 4.78 is 5.51. The van der Waals surface area contributed by atoms with Gasteiger partial charge in [0.2, 0.25) is 0 Å². The Morgan fingerprint density at radius 1 is 1.28 bits per heavy atom. The van der Waals surface area contributed by atoms with E-state index in [1.807, 2.05) is 12.1 Å². The highest BCUT2D eigenvalue weighted by Gasteiger charge is 2.32. The van der Waals surface area contributed by atoms with Crippen molar-refractivity contribution in [1.29, 1.82) is 0 Å². The molecular weight excluding hydrogens is 246 g/mol. The van der Waals surface area contributed by atoms with Gasteiger partial charge in [0, 0.05) is 24.8 Å². The molecule has 0 saturated carbocycles. The van der Waals surface area contributed by atoms with Gasteiger partial charge in [-0.15, -0.1) is 0 Å². The molecule has 1 aromatic carbocycles. The molecule has 0 spiro atoms.